The summed E-state index contributed by atoms with van der Waals surface area (Å²) in [4.78, 5) is 4.18. The van der Waals surface area contributed by atoms with Crippen molar-refractivity contribution >= 4 is 17.3 Å². The van der Waals surface area contributed by atoms with Gasteiger partial charge in [-0.3, -0.25) is 4.98 Å². The Bertz CT molecular complexity index is 326. The molecule has 1 saturated heterocycles. The Kier molecular flexibility index (Phi) is 2.86. The Morgan fingerprint density at radius 2 is 2.50 bits per heavy atom. The molecule has 1 aromatic heterocycles. The maximum atomic E-state index is 6.01. The molecule has 0 spiro atoms. The number of ether oxygens (including phenoxy) is 1. The minimum atomic E-state index is -0.0585. The maximum Gasteiger partial charge on any atom is 0.113 e. The molecule has 1 aliphatic heterocycles. The van der Waals surface area contributed by atoms with Gasteiger partial charge in [-0.2, -0.15) is 0 Å². The van der Waals surface area contributed by atoms with E-state index >= 15 is 0 Å². The molecule has 0 saturated carbocycles. The number of aromatic nitrogens is 1. The first-order valence-electron chi connectivity index (χ1n) is 4.50. The normalized spacial score (nSPS) is 22.2. The lowest BCUT2D eigenvalue weighted by molar-refractivity contribution is 0.0251. The summed E-state index contributed by atoms with van der Waals surface area (Å²) < 4.78 is 5.53. The minimum absolute atomic E-state index is 0.0585. The molecule has 1 aliphatic rings. The predicted octanol–water partition coefficient (Wildman–Crippen LogP) is 0.978. The quantitative estimate of drug-likeness (QED) is 0.730. The molecule has 0 bridgehead atoms. The molecule has 2 heterocycles. The Balaban J connectivity index is 2.22. The fraction of sp³-hybridized carbons (Fsp3) is 0.444. The Labute approximate surface area is 87.4 Å². The number of rotatable bonds is 1. The number of anilines is 1. The van der Waals surface area contributed by atoms with Crippen LogP contribution in [0.5, 0.6) is 0 Å². The third-order valence-corrected chi connectivity index (χ3v) is 2.43. The highest BCUT2D eigenvalue weighted by molar-refractivity contribution is 6.31. The summed E-state index contributed by atoms with van der Waals surface area (Å²) >= 11 is 6.01. The monoisotopic (exact) mass is 213 g/mol. The van der Waals surface area contributed by atoms with E-state index in [-0.39, 0.29) is 6.10 Å². The third kappa shape index (κ3) is 1.97. The summed E-state index contributed by atoms with van der Waals surface area (Å²) in [6, 6.07) is 1.70. The van der Waals surface area contributed by atoms with Gasteiger partial charge < -0.3 is 15.8 Å². The van der Waals surface area contributed by atoms with Crippen molar-refractivity contribution in [1.29, 1.82) is 0 Å². The minimum Gasteiger partial charge on any atom is -0.397 e. The molecular formula is C9H12ClN3O. The molecule has 3 N–H and O–H groups in total. The van der Waals surface area contributed by atoms with Gasteiger partial charge in [0.15, 0.2) is 0 Å². The fourth-order valence-electron chi connectivity index (χ4n) is 1.44. The van der Waals surface area contributed by atoms with Crippen molar-refractivity contribution in [2.24, 2.45) is 0 Å². The molecule has 1 aromatic rings. The Hall–Kier alpha value is -0.840. The lowest BCUT2D eigenvalue weighted by Gasteiger charge is -2.23. The van der Waals surface area contributed by atoms with Gasteiger partial charge in [-0.15, -0.1) is 0 Å². The van der Waals surface area contributed by atoms with Crippen molar-refractivity contribution in [1.82, 2.24) is 10.3 Å². The van der Waals surface area contributed by atoms with Gasteiger partial charge in [-0.1, -0.05) is 11.6 Å². The van der Waals surface area contributed by atoms with Crippen molar-refractivity contribution in [2.45, 2.75) is 6.10 Å². The van der Waals surface area contributed by atoms with E-state index in [0.717, 1.165) is 18.8 Å². The lowest BCUT2D eigenvalue weighted by atomic mass is 10.2. The number of nitrogens with two attached hydrogens (primary N) is 1. The Morgan fingerprint density at radius 1 is 1.64 bits per heavy atom. The average molecular weight is 214 g/mol. The smallest absolute Gasteiger partial charge is 0.113 e. The third-order valence-electron chi connectivity index (χ3n) is 2.12. The van der Waals surface area contributed by atoms with Gasteiger partial charge in [-0.25, -0.2) is 0 Å². The topological polar surface area (TPSA) is 60.2 Å². The molecule has 0 aliphatic carbocycles. The summed E-state index contributed by atoms with van der Waals surface area (Å²) in [5.74, 6) is 0. The van der Waals surface area contributed by atoms with E-state index < -0.39 is 0 Å². The molecule has 0 aromatic carbocycles. The van der Waals surface area contributed by atoms with Crippen LogP contribution in [0.4, 0.5) is 5.69 Å². The summed E-state index contributed by atoms with van der Waals surface area (Å²) in [5, 5.41) is 3.79. The second-order valence-corrected chi connectivity index (χ2v) is 3.61. The van der Waals surface area contributed by atoms with Gasteiger partial charge in [0.2, 0.25) is 0 Å². The fourth-order valence-corrected chi connectivity index (χ4v) is 1.74. The number of nitrogen functional groups attached to an aromatic ring is 1. The van der Waals surface area contributed by atoms with Gasteiger partial charge in [0.25, 0.3) is 0 Å². The number of halogens is 1. The SMILES string of the molecule is Nc1cnc(C2CNCCO2)c(Cl)c1. The van der Waals surface area contributed by atoms with Gasteiger partial charge in [-0.05, 0) is 6.07 Å². The first-order chi connectivity index (χ1) is 6.77. The highest BCUT2D eigenvalue weighted by Gasteiger charge is 2.19. The highest BCUT2D eigenvalue weighted by Crippen LogP contribution is 2.25. The van der Waals surface area contributed by atoms with Crippen LogP contribution >= 0.6 is 11.6 Å². The lowest BCUT2D eigenvalue weighted by Crippen LogP contribution is -2.33. The van der Waals surface area contributed by atoms with Crippen LogP contribution in [-0.4, -0.2) is 24.7 Å². The van der Waals surface area contributed by atoms with Crippen LogP contribution in [0.15, 0.2) is 12.3 Å². The van der Waals surface area contributed by atoms with E-state index in [9.17, 15) is 0 Å². The molecule has 76 valence electrons. The van der Waals surface area contributed by atoms with Gasteiger partial charge in [0.05, 0.1) is 29.2 Å². The van der Waals surface area contributed by atoms with E-state index in [1.54, 1.807) is 12.3 Å². The zero-order valence-electron chi connectivity index (χ0n) is 7.66. The zero-order chi connectivity index (χ0) is 9.97. The van der Waals surface area contributed by atoms with E-state index in [1.165, 1.54) is 0 Å². The van der Waals surface area contributed by atoms with Gasteiger partial charge >= 0.3 is 0 Å². The first kappa shape index (κ1) is 9.71. The van der Waals surface area contributed by atoms with Crippen LogP contribution in [0.25, 0.3) is 0 Å². The molecule has 0 amide bonds. The summed E-state index contributed by atoms with van der Waals surface area (Å²) in [7, 11) is 0. The summed E-state index contributed by atoms with van der Waals surface area (Å²) in [6.07, 6.45) is 1.54. The van der Waals surface area contributed by atoms with Gasteiger partial charge in [0.1, 0.15) is 6.10 Å². The second kappa shape index (κ2) is 4.13. The van der Waals surface area contributed by atoms with Crippen LogP contribution in [-0.2, 0) is 4.74 Å². The second-order valence-electron chi connectivity index (χ2n) is 3.20. The van der Waals surface area contributed by atoms with E-state index in [1.807, 2.05) is 0 Å². The van der Waals surface area contributed by atoms with Crippen molar-refractivity contribution in [3.63, 3.8) is 0 Å². The molecule has 5 heteroatoms. The number of nitrogens with zero attached hydrogens (tertiary/aromatic N) is 1. The molecule has 2 rings (SSSR count). The molecule has 14 heavy (non-hydrogen) atoms. The number of pyridine rings is 1. The van der Waals surface area contributed by atoms with Gasteiger partial charge in [0, 0.05) is 13.1 Å². The Morgan fingerprint density at radius 3 is 3.14 bits per heavy atom. The van der Waals surface area contributed by atoms with Crippen molar-refractivity contribution in [2.75, 3.05) is 25.4 Å². The molecule has 0 radical (unpaired) electrons. The van der Waals surface area contributed by atoms with Crippen molar-refractivity contribution in [3.05, 3.63) is 23.0 Å². The molecule has 1 unspecified atom stereocenters. The first-order valence-corrected chi connectivity index (χ1v) is 4.88. The van der Waals surface area contributed by atoms with Crippen LogP contribution in [0.2, 0.25) is 5.02 Å². The molecule has 4 nitrogen and oxygen atoms in total. The highest BCUT2D eigenvalue weighted by atomic mass is 35.5. The number of hydrogen-bond acceptors (Lipinski definition) is 4. The van der Waals surface area contributed by atoms with Crippen molar-refractivity contribution < 1.29 is 4.74 Å². The largest absolute Gasteiger partial charge is 0.397 e. The summed E-state index contributed by atoms with van der Waals surface area (Å²) in [6.45, 7) is 2.31. The standard InChI is InChI=1S/C9H12ClN3O/c10-7-3-6(11)4-13-9(7)8-5-12-1-2-14-8/h3-4,8,12H,1-2,5,11H2. The molecule has 1 fully saturated rings. The van der Waals surface area contributed by atoms with Crippen LogP contribution < -0.4 is 11.1 Å². The summed E-state index contributed by atoms with van der Waals surface area (Å²) in [5.41, 5.74) is 6.88. The van der Waals surface area contributed by atoms with E-state index in [2.05, 4.69) is 10.3 Å². The number of morpholine rings is 1. The van der Waals surface area contributed by atoms with E-state index in [0.29, 0.717) is 17.3 Å². The average Bonchev–Trinajstić information content (AvgIpc) is 2.19. The maximum absolute atomic E-state index is 6.01. The van der Waals surface area contributed by atoms with Crippen LogP contribution in [0.3, 0.4) is 0 Å². The molecule has 1 atom stereocenters. The molecular weight excluding hydrogens is 202 g/mol. The zero-order valence-corrected chi connectivity index (χ0v) is 8.42. The predicted molar refractivity (Wildman–Crippen MR) is 55.2 cm³/mol. The number of nitrogens with one attached hydrogen (secondary N) is 1. The van der Waals surface area contributed by atoms with Crippen LogP contribution in [0.1, 0.15) is 11.8 Å². The number of hydrogen-bond donors (Lipinski definition) is 2. The van der Waals surface area contributed by atoms with Crippen molar-refractivity contribution in [3.8, 4) is 0 Å². The van der Waals surface area contributed by atoms with E-state index in [4.69, 9.17) is 22.1 Å². The van der Waals surface area contributed by atoms with Crippen LogP contribution in [0, 0.1) is 0 Å².